The molecule has 0 unspecified atom stereocenters. The summed E-state index contributed by atoms with van der Waals surface area (Å²) < 4.78 is 1.98. The summed E-state index contributed by atoms with van der Waals surface area (Å²) in [7, 11) is 4.04. The molecule has 1 N–H and O–H groups in total. The molecule has 0 amide bonds. The Bertz CT molecular complexity index is 902. The largest absolute Gasteiger partial charge is 0.356 e. The molecule has 0 aliphatic rings. The van der Waals surface area contributed by atoms with Gasteiger partial charge in [-0.25, -0.2) is 9.98 Å². The number of nitrogens with one attached hydrogen (secondary N) is 1. The van der Waals surface area contributed by atoms with Crippen molar-refractivity contribution in [1.29, 1.82) is 0 Å². The highest BCUT2D eigenvalue weighted by atomic mass is 127. The van der Waals surface area contributed by atoms with Crippen molar-refractivity contribution < 1.29 is 0 Å². The molecule has 0 aromatic carbocycles. The van der Waals surface area contributed by atoms with Gasteiger partial charge in [-0.2, -0.15) is 0 Å². The number of aromatic nitrogens is 4. The summed E-state index contributed by atoms with van der Waals surface area (Å²) in [5, 5.41) is 15.1. The molecular formula is C19H28IN7S2. The highest BCUT2D eigenvalue weighted by Crippen LogP contribution is 2.12. The van der Waals surface area contributed by atoms with Crippen LogP contribution in [0.2, 0.25) is 0 Å². The summed E-state index contributed by atoms with van der Waals surface area (Å²) >= 11 is 3.54. The van der Waals surface area contributed by atoms with E-state index in [1.54, 1.807) is 22.7 Å². The number of thiophene rings is 1. The van der Waals surface area contributed by atoms with E-state index in [0.29, 0.717) is 6.54 Å². The van der Waals surface area contributed by atoms with E-state index in [-0.39, 0.29) is 24.0 Å². The smallest absolute Gasteiger partial charge is 0.194 e. The van der Waals surface area contributed by atoms with Crippen LogP contribution in [0.4, 0.5) is 0 Å². The molecule has 0 aliphatic carbocycles. The SMILES string of the molecule is Cc1cnc(CCN(C)C(=NCc2nnc(C)n2C)NCCc2cccs2)s1.I. The van der Waals surface area contributed by atoms with Gasteiger partial charge in [-0.05, 0) is 31.7 Å². The molecule has 0 spiro atoms. The second kappa shape index (κ2) is 11.6. The van der Waals surface area contributed by atoms with Gasteiger partial charge in [-0.3, -0.25) is 0 Å². The molecule has 3 aromatic heterocycles. The predicted molar refractivity (Wildman–Crippen MR) is 132 cm³/mol. The van der Waals surface area contributed by atoms with Gasteiger partial charge in [0.05, 0.1) is 5.01 Å². The number of likely N-dealkylation sites (N-methyl/N-ethyl adjacent to an activating group) is 1. The molecule has 0 radical (unpaired) electrons. The molecule has 7 nitrogen and oxygen atoms in total. The van der Waals surface area contributed by atoms with Crippen LogP contribution < -0.4 is 5.32 Å². The van der Waals surface area contributed by atoms with Crippen molar-refractivity contribution in [3.63, 3.8) is 0 Å². The van der Waals surface area contributed by atoms with E-state index in [2.05, 4.69) is 56.9 Å². The molecule has 0 bridgehead atoms. The molecule has 158 valence electrons. The molecular weight excluding hydrogens is 517 g/mol. The van der Waals surface area contributed by atoms with Crippen LogP contribution in [0.5, 0.6) is 0 Å². The van der Waals surface area contributed by atoms with Crippen molar-refractivity contribution in [1.82, 2.24) is 30.0 Å². The number of aliphatic imine (C=N–C) groups is 1. The zero-order chi connectivity index (χ0) is 19.9. The maximum Gasteiger partial charge on any atom is 0.194 e. The Labute approximate surface area is 197 Å². The van der Waals surface area contributed by atoms with Crippen molar-refractivity contribution in [2.75, 3.05) is 20.1 Å². The molecule has 3 rings (SSSR count). The van der Waals surface area contributed by atoms with Crippen LogP contribution in [0.3, 0.4) is 0 Å². The standard InChI is InChI=1S/C19H27N7S2.HI/c1-14-12-21-18(28-14)8-10-25(3)19(20-9-7-16-6-5-11-27-16)22-13-17-24-23-15(2)26(17)4;/h5-6,11-12H,7-10,13H2,1-4H3,(H,20,22);1H. The summed E-state index contributed by atoms with van der Waals surface area (Å²) in [6.45, 7) is 6.24. The third kappa shape index (κ3) is 7.03. The molecule has 0 saturated carbocycles. The fraction of sp³-hybridized carbons (Fsp3) is 0.474. The maximum atomic E-state index is 4.80. The molecule has 3 aromatic rings. The summed E-state index contributed by atoms with van der Waals surface area (Å²) in [5.74, 6) is 2.63. The van der Waals surface area contributed by atoms with Crippen LogP contribution in [0.25, 0.3) is 0 Å². The number of rotatable bonds is 8. The highest BCUT2D eigenvalue weighted by molar-refractivity contribution is 14.0. The molecule has 29 heavy (non-hydrogen) atoms. The number of halogens is 1. The monoisotopic (exact) mass is 545 g/mol. The normalized spacial score (nSPS) is 11.4. The first-order valence-electron chi connectivity index (χ1n) is 9.31. The molecule has 0 aliphatic heterocycles. The van der Waals surface area contributed by atoms with Crippen LogP contribution in [0, 0.1) is 13.8 Å². The van der Waals surface area contributed by atoms with Crippen molar-refractivity contribution in [3.05, 3.63) is 50.1 Å². The van der Waals surface area contributed by atoms with Gasteiger partial charge in [0.1, 0.15) is 12.4 Å². The number of hydrogen-bond donors (Lipinski definition) is 1. The Morgan fingerprint density at radius 2 is 2.10 bits per heavy atom. The maximum absolute atomic E-state index is 4.80. The van der Waals surface area contributed by atoms with Crippen molar-refractivity contribution >= 4 is 52.6 Å². The van der Waals surface area contributed by atoms with Gasteiger partial charge in [0.25, 0.3) is 0 Å². The minimum atomic E-state index is 0. The highest BCUT2D eigenvalue weighted by Gasteiger charge is 2.10. The van der Waals surface area contributed by atoms with Gasteiger partial charge in [0.2, 0.25) is 0 Å². The van der Waals surface area contributed by atoms with Crippen molar-refractivity contribution in [3.8, 4) is 0 Å². The number of nitrogens with zero attached hydrogens (tertiary/aromatic N) is 6. The van der Waals surface area contributed by atoms with E-state index in [1.807, 2.05) is 24.7 Å². The molecule has 0 atom stereocenters. The lowest BCUT2D eigenvalue weighted by atomic mass is 10.3. The third-order valence-corrected chi connectivity index (χ3v) is 6.39. The average molecular weight is 546 g/mol. The minimum absolute atomic E-state index is 0. The first-order valence-corrected chi connectivity index (χ1v) is 11.0. The second-order valence-corrected chi connectivity index (χ2v) is 9.01. The van der Waals surface area contributed by atoms with E-state index in [9.17, 15) is 0 Å². The Hall–Kier alpha value is -1.53. The van der Waals surface area contributed by atoms with Crippen LogP contribution in [-0.2, 0) is 26.4 Å². The van der Waals surface area contributed by atoms with Crippen LogP contribution in [0.1, 0.15) is 26.4 Å². The van der Waals surface area contributed by atoms with Gasteiger partial charge in [-0.15, -0.1) is 56.8 Å². The second-order valence-electron chi connectivity index (χ2n) is 6.65. The van der Waals surface area contributed by atoms with E-state index in [0.717, 1.165) is 48.5 Å². The number of thiazole rings is 1. The third-order valence-electron chi connectivity index (χ3n) is 4.48. The van der Waals surface area contributed by atoms with Gasteiger partial charge in [-0.1, -0.05) is 6.07 Å². The van der Waals surface area contributed by atoms with Crippen molar-refractivity contribution in [2.45, 2.75) is 33.2 Å². The first-order chi connectivity index (χ1) is 13.5. The molecule has 10 heteroatoms. The Morgan fingerprint density at radius 3 is 2.72 bits per heavy atom. The van der Waals surface area contributed by atoms with Crippen LogP contribution >= 0.6 is 46.7 Å². The summed E-state index contributed by atoms with van der Waals surface area (Å²) in [6, 6.07) is 4.26. The number of hydrogen-bond acceptors (Lipinski definition) is 6. The summed E-state index contributed by atoms with van der Waals surface area (Å²) in [4.78, 5) is 14.0. The predicted octanol–water partition coefficient (Wildman–Crippen LogP) is 3.43. The van der Waals surface area contributed by atoms with E-state index in [4.69, 9.17) is 4.99 Å². The Kier molecular flexibility index (Phi) is 9.50. The topological polar surface area (TPSA) is 71.2 Å². The van der Waals surface area contributed by atoms with Gasteiger partial charge >= 0.3 is 0 Å². The lowest BCUT2D eigenvalue weighted by Crippen LogP contribution is -2.41. The Balaban J connectivity index is 0.00000300. The fourth-order valence-electron chi connectivity index (χ4n) is 2.68. The summed E-state index contributed by atoms with van der Waals surface area (Å²) in [5.41, 5.74) is 0. The van der Waals surface area contributed by atoms with E-state index < -0.39 is 0 Å². The zero-order valence-corrected chi connectivity index (χ0v) is 21.2. The van der Waals surface area contributed by atoms with Gasteiger partial charge in [0, 0.05) is 49.6 Å². The minimum Gasteiger partial charge on any atom is -0.356 e. The first kappa shape index (κ1) is 23.7. The molecule has 0 fully saturated rings. The van der Waals surface area contributed by atoms with Crippen LogP contribution in [0.15, 0.2) is 28.7 Å². The fourth-order valence-corrected chi connectivity index (χ4v) is 4.17. The van der Waals surface area contributed by atoms with Crippen molar-refractivity contribution in [2.24, 2.45) is 12.0 Å². The quantitative estimate of drug-likeness (QED) is 0.267. The lowest BCUT2D eigenvalue weighted by molar-refractivity contribution is 0.482. The number of aryl methyl sites for hydroxylation is 2. The van der Waals surface area contributed by atoms with Crippen LogP contribution in [-0.4, -0.2) is 50.7 Å². The van der Waals surface area contributed by atoms with E-state index >= 15 is 0 Å². The van der Waals surface area contributed by atoms with Gasteiger partial charge < -0.3 is 14.8 Å². The number of guanidine groups is 1. The Morgan fingerprint density at radius 1 is 1.28 bits per heavy atom. The average Bonchev–Trinajstić information content (AvgIpc) is 3.41. The molecule has 3 heterocycles. The van der Waals surface area contributed by atoms with E-state index in [1.165, 1.54) is 9.75 Å². The molecule has 0 saturated heterocycles. The lowest BCUT2D eigenvalue weighted by Gasteiger charge is -2.22. The van der Waals surface area contributed by atoms with Gasteiger partial charge in [0.15, 0.2) is 11.8 Å². The summed E-state index contributed by atoms with van der Waals surface area (Å²) in [6.07, 6.45) is 3.83. The zero-order valence-electron chi connectivity index (χ0n) is 17.3.